The molecule has 0 spiro atoms. The number of aromatic nitrogens is 3. The van der Waals surface area contributed by atoms with Gasteiger partial charge in [0.15, 0.2) is 0 Å². The SMILES string of the molecule is CN(C)c1cccc(-n2c3ccccc3c3ccc(Oc4ccc5cccc(O)c5n4)cc32)n1. The zero-order chi connectivity index (χ0) is 23.2. The van der Waals surface area contributed by atoms with Crippen LogP contribution in [0.2, 0.25) is 0 Å². The van der Waals surface area contributed by atoms with Gasteiger partial charge < -0.3 is 14.7 Å². The van der Waals surface area contributed by atoms with E-state index in [9.17, 15) is 5.11 Å². The standard InChI is InChI=1S/C28H22N4O2/c1-31(2)25-11-6-12-26(29-25)32-22-9-4-3-8-20(22)21-15-14-19(17-23(21)32)34-27-16-13-18-7-5-10-24(33)28(18)30-27/h3-17,33H,1-2H3. The number of hydrogen-bond acceptors (Lipinski definition) is 5. The normalized spacial score (nSPS) is 11.4. The smallest absolute Gasteiger partial charge is 0.219 e. The molecule has 6 nitrogen and oxygen atoms in total. The van der Waals surface area contributed by atoms with Crippen LogP contribution in [0.4, 0.5) is 5.82 Å². The summed E-state index contributed by atoms with van der Waals surface area (Å²) in [7, 11) is 3.97. The Balaban J connectivity index is 1.51. The van der Waals surface area contributed by atoms with E-state index in [1.165, 1.54) is 0 Å². The zero-order valence-electron chi connectivity index (χ0n) is 18.8. The van der Waals surface area contributed by atoms with Gasteiger partial charge >= 0.3 is 0 Å². The van der Waals surface area contributed by atoms with Gasteiger partial charge in [0.2, 0.25) is 5.88 Å². The first-order chi connectivity index (χ1) is 16.6. The van der Waals surface area contributed by atoms with Crippen molar-refractivity contribution in [2.24, 2.45) is 0 Å². The highest BCUT2D eigenvalue weighted by atomic mass is 16.5. The van der Waals surface area contributed by atoms with Crippen molar-refractivity contribution < 1.29 is 9.84 Å². The van der Waals surface area contributed by atoms with E-state index in [1.807, 2.05) is 79.7 Å². The molecule has 6 aromatic rings. The van der Waals surface area contributed by atoms with Crippen LogP contribution >= 0.6 is 0 Å². The predicted octanol–water partition coefficient (Wildman–Crippen LogP) is 6.29. The van der Waals surface area contributed by atoms with E-state index in [-0.39, 0.29) is 5.75 Å². The maximum atomic E-state index is 10.2. The van der Waals surface area contributed by atoms with Crippen LogP contribution in [0.5, 0.6) is 17.4 Å². The Labute approximate surface area is 196 Å². The van der Waals surface area contributed by atoms with Crippen molar-refractivity contribution in [2.45, 2.75) is 0 Å². The van der Waals surface area contributed by atoms with E-state index >= 15 is 0 Å². The van der Waals surface area contributed by atoms with Gasteiger partial charge in [-0.25, -0.2) is 9.97 Å². The van der Waals surface area contributed by atoms with Gasteiger partial charge in [-0.2, -0.15) is 0 Å². The summed E-state index contributed by atoms with van der Waals surface area (Å²) in [6.07, 6.45) is 0. The van der Waals surface area contributed by atoms with Crippen molar-refractivity contribution in [2.75, 3.05) is 19.0 Å². The maximum absolute atomic E-state index is 10.2. The summed E-state index contributed by atoms with van der Waals surface area (Å²) in [5, 5.41) is 13.3. The minimum absolute atomic E-state index is 0.130. The van der Waals surface area contributed by atoms with Gasteiger partial charge in [0, 0.05) is 42.4 Å². The fraction of sp³-hybridized carbons (Fsp3) is 0.0714. The number of hydrogen-bond donors (Lipinski definition) is 1. The molecule has 0 saturated heterocycles. The second kappa shape index (κ2) is 7.78. The molecule has 6 heteroatoms. The molecule has 1 N–H and O–H groups in total. The van der Waals surface area contributed by atoms with Crippen LogP contribution in [0.25, 0.3) is 38.5 Å². The highest BCUT2D eigenvalue weighted by Crippen LogP contribution is 2.35. The third-order valence-corrected chi connectivity index (χ3v) is 5.95. The third-order valence-electron chi connectivity index (χ3n) is 5.95. The molecule has 3 aromatic carbocycles. The van der Waals surface area contributed by atoms with Crippen LogP contribution in [0.3, 0.4) is 0 Å². The molecule has 34 heavy (non-hydrogen) atoms. The van der Waals surface area contributed by atoms with E-state index in [1.54, 1.807) is 12.1 Å². The van der Waals surface area contributed by atoms with E-state index in [2.05, 4.69) is 27.8 Å². The summed E-state index contributed by atoms with van der Waals surface area (Å²) >= 11 is 0. The van der Waals surface area contributed by atoms with Crippen LogP contribution in [0, 0.1) is 0 Å². The van der Waals surface area contributed by atoms with Gasteiger partial charge in [-0.05, 0) is 42.5 Å². The topological polar surface area (TPSA) is 63.4 Å². The first-order valence-electron chi connectivity index (χ1n) is 11.0. The zero-order valence-corrected chi connectivity index (χ0v) is 18.8. The van der Waals surface area contributed by atoms with Crippen LogP contribution in [0.15, 0.2) is 91.0 Å². The molecule has 0 aliphatic heterocycles. The number of benzene rings is 3. The fourth-order valence-electron chi connectivity index (χ4n) is 4.34. The van der Waals surface area contributed by atoms with Crippen molar-refractivity contribution >= 4 is 38.5 Å². The largest absolute Gasteiger partial charge is 0.506 e. The average Bonchev–Trinajstić information content (AvgIpc) is 3.18. The molecule has 0 fully saturated rings. The average molecular weight is 447 g/mol. The van der Waals surface area contributed by atoms with Gasteiger partial charge in [-0.15, -0.1) is 0 Å². The molecule has 0 unspecified atom stereocenters. The van der Waals surface area contributed by atoms with E-state index in [0.717, 1.165) is 38.8 Å². The number of phenols is 1. The lowest BCUT2D eigenvalue weighted by atomic mass is 10.1. The first-order valence-corrected chi connectivity index (χ1v) is 11.0. The summed E-state index contributed by atoms with van der Waals surface area (Å²) in [5.41, 5.74) is 2.58. The Morgan fingerprint density at radius 1 is 0.765 bits per heavy atom. The molecule has 3 heterocycles. The molecular formula is C28H22N4O2. The van der Waals surface area contributed by atoms with Crippen molar-refractivity contribution in [1.29, 1.82) is 0 Å². The Morgan fingerprint density at radius 3 is 2.47 bits per heavy atom. The predicted molar refractivity (Wildman–Crippen MR) is 136 cm³/mol. The lowest BCUT2D eigenvalue weighted by molar-refractivity contribution is 0.460. The van der Waals surface area contributed by atoms with Crippen molar-refractivity contribution in [3.63, 3.8) is 0 Å². The van der Waals surface area contributed by atoms with Crippen molar-refractivity contribution in [3.05, 3.63) is 91.0 Å². The number of phenolic OH excluding ortho intramolecular Hbond substituents is 1. The molecule has 0 amide bonds. The Hall–Kier alpha value is -4.58. The number of rotatable bonds is 4. The number of fused-ring (bicyclic) bond motifs is 4. The first kappa shape index (κ1) is 20.1. The Bertz CT molecular complexity index is 1690. The summed E-state index contributed by atoms with van der Waals surface area (Å²) in [6.45, 7) is 0. The Morgan fingerprint density at radius 2 is 1.59 bits per heavy atom. The second-order valence-electron chi connectivity index (χ2n) is 8.38. The number of para-hydroxylation sites is 2. The quantitative estimate of drug-likeness (QED) is 0.345. The van der Waals surface area contributed by atoms with Crippen LogP contribution in [-0.4, -0.2) is 33.7 Å². The van der Waals surface area contributed by atoms with Crippen molar-refractivity contribution in [1.82, 2.24) is 14.5 Å². The molecule has 0 bridgehead atoms. The van der Waals surface area contributed by atoms with E-state index < -0.39 is 0 Å². The van der Waals surface area contributed by atoms with Crippen LogP contribution < -0.4 is 9.64 Å². The monoisotopic (exact) mass is 446 g/mol. The number of pyridine rings is 2. The maximum Gasteiger partial charge on any atom is 0.219 e. The van der Waals surface area contributed by atoms with Gasteiger partial charge in [0.25, 0.3) is 0 Å². The van der Waals surface area contributed by atoms with E-state index in [0.29, 0.717) is 17.1 Å². The molecule has 0 atom stereocenters. The third kappa shape index (κ3) is 3.28. The lowest BCUT2D eigenvalue weighted by Gasteiger charge is -2.14. The summed E-state index contributed by atoms with van der Waals surface area (Å²) in [5.74, 6) is 2.93. The molecule has 0 aliphatic rings. The second-order valence-corrected chi connectivity index (χ2v) is 8.38. The Kier molecular flexibility index (Phi) is 4.59. The fourth-order valence-corrected chi connectivity index (χ4v) is 4.34. The number of anilines is 1. The highest BCUT2D eigenvalue weighted by Gasteiger charge is 2.15. The molecule has 0 aliphatic carbocycles. The summed E-state index contributed by atoms with van der Waals surface area (Å²) in [6, 6.07) is 29.4. The lowest BCUT2D eigenvalue weighted by Crippen LogP contribution is -2.11. The minimum Gasteiger partial charge on any atom is -0.506 e. The van der Waals surface area contributed by atoms with Crippen LogP contribution in [-0.2, 0) is 0 Å². The number of aromatic hydroxyl groups is 1. The molecule has 6 rings (SSSR count). The molecule has 166 valence electrons. The summed E-state index contributed by atoms with van der Waals surface area (Å²) < 4.78 is 8.29. The van der Waals surface area contributed by atoms with Crippen LogP contribution in [0.1, 0.15) is 0 Å². The van der Waals surface area contributed by atoms with Crippen molar-refractivity contribution in [3.8, 4) is 23.2 Å². The van der Waals surface area contributed by atoms with Gasteiger partial charge in [-0.3, -0.25) is 4.57 Å². The van der Waals surface area contributed by atoms with Gasteiger partial charge in [0.1, 0.15) is 28.7 Å². The minimum atomic E-state index is 0.130. The number of ether oxygens (including phenoxy) is 1. The van der Waals surface area contributed by atoms with E-state index in [4.69, 9.17) is 9.72 Å². The van der Waals surface area contributed by atoms with Gasteiger partial charge in [-0.1, -0.05) is 36.4 Å². The highest BCUT2D eigenvalue weighted by molar-refractivity contribution is 6.09. The summed E-state index contributed by atoms with van der Waals surface area (Å²) in [4.78, 5) is 11.4. The molecular weight excluding hydrogens is 424 g/mol. The molecule has 0 radical (unpaired) electrons. The van der Waals surface area contributed by atoms with Gasteiger partial charge in [0.05, 0.1) is 11.0 Å². The number of nitrogens with zero attached hydrogens (tertiary/aromatic N) is 4. The molecule has 3 aromatic heterocycles. The molecule has 0 saturated carbocycles.